The zero-order valence-corrected chi connectivity index (χ0v) is 10.1. The maximum absolute atomic E-state index is 11.6. The number of ether oxygens (including phenoxy) is 1. The van der Waals surface area contributed by atoms with E-state index in [1.807, 2.05) is 0 Å². The largest absolute Gasteiger partial charge is 0.375 e. The molecule has 1 aromatic heterocycles. The number of carbonyl (C=O) groups excluding carboxylic acids is 1. The summed E-state index contributed by atoms with van der Waals surface area (Å²) in [6.45, 7) is 2.56. The highest BCUT2D eigenvalue weighted by Gasteiger charge is 2.16. The van der Waals surface area contributed by atoms with Crippen LogP contribution in [0.25, 0.3) is 0 Å². The molecule has 17 heavy (non-hydrogen) atoms. The molecule has 6 nitrogen and oxygen atoms in total. The van der Waals surface area contributed by atoms with Gasteiger partial charge in [0.1, 0.15) is 0 Å². The van der Waals surface area contributed by atoms with Gasteiger partial charge in [0.05, 0.1) is 25.7 Å². The summed E-state index contributed by atoms with van der Waals surface area (Å²) in [5.41, 5.74) is 0.732. The van der Waals surface area contributed by atoms with Gasteiger partial charge in [-0.1, -0.05) is 11.3 Å². The number of aromatic nitrogens is 1. The van der Waals surface area contributed by atoms with Gasteiger partial charge in [-0.15, -0.1) is 0 Å². The predicted molar refractivity (Wildman–Crippen MR) is 64.0 cm³/mol. The van der Waals surface area contributed by atoms with E-state index in [9.17, 15) is 9.59 Å². The van der Waals surface area contributed by atoms with Gasteiger partial charge >= 0.3 is 4.87 Å². The number of aromatic amines is 1. The number of amides is 1. The molecular formula is C10H15N3O3S. The maximum Gasteiger partial charge on any atom is 0.304 e. The van der Waals surface area contributed by atoms with Crippen LogP contribution in [0.4, 0.5) is 0 Å². The normalized spacial score (nSPS) is 20.1. The van der Waals surface area contributed by atoms with Crippen molar-refractivity contribution in [1.29, 1.82) is 0 Å². The van der Waals surface area contributed by atoms with E-state index in [-0.39, 0.29) is 16.9 Å². The molecule has 94 valence electrons. The molecule has 7 heteroatoms. The lowest BCUT2D eigenvalue weighted by atomic mass is 10.2. The Morgan fingerprint density at radius 3 is 3.18 bits per heavy atom. The molecule has 1 aliphatic heterocycles. The molecule has 0 radical (unpaired) electrons. The molecule has 0 aliphatic carbocycles. The lowest BCUT2D eigenvalue weighted by Crippen LogP contribution is -2.41. The van der Waals surface area contributed by atoms with E-state index in [2.05, 4.69) is 15.6 Å². The standard InChI is InChI=1S/C10H15N3O3S/c14-9(3-8-5-11-1-2-16-8)12-4-7-6-17-10(15)13-7/h6,8,11H,1-5H2,(H,12,14)(H,13,15). The van der Waals surface area contributed by atoms with Crippen molar-refractivity contribution in [3.63, 3.8) is 0 Å². The summed E-state index contributed by atoms with van der Waals surface area (Å²) in [5, 5.41) is 7.63. The zero-order chi connectivity index (χ0) is 12.1. The van der Waals surface area contributed by atoms with Crippen LogP contribution in [-0.4, -0.2) is 36.7 Å². The van der Waals surface area contributed by atoms with Crippen LogP contribution in [0.15, 0.2) is 10.2 Å². The average Bonchev–Trinajstić information content (AvgIpc) is 2.74. The first kappa shape index (κ1) is 12.3. The molecule has 0 spiro atoms. The molecule has 1 unspecified atom stereocenters. The first-order valence-electron chi connectivity index (χ1n) is 5.50. The number of morpholine rings is 1. The molecule has 1 amide bonds. The van der Waals surface area contributed by atoms with Gasteiger partial charge in [0.15, 0.2) is 0 Å². The third-order valence-corrected chi connectivity index (χ3v) is 3.18. The Morgan fingerprint density at radius 2 is 2.53 bits per heavy atom. The van der Waals surface area contributed by atoms with Crippen LogP contribution < -0.4 is 15.5 Å². The van der Waals surface area contributed by atoms with Gasteiger partial charge in [-0.25, -0.2) is 0 Å². The molecule has 0 aromatic carbocycles. The lowest BCUT2D eigenvalue weighted by Gasteiger charge is -2.22. The van der Waals surface area contributed by atoms with Crippen LogP contribution in [0.1, 0.15) is 12.1 Å². The van der Waals surface area contributed by atoms with Gasteiger partial charge in [0.2, 0.25) is 5.91 Å². The quantitative estimate of drug-likeness (QED) is 0.674. The molecule has 3 N–H and O–H groups in total. The summed E-state index contributed by atoms with van der Waals surface area (Å²) in [4.78, 5) is 25.0. The second kappa shape index (κ2) is 5.95. The van der Waals surface area contributed by atoms with Crippen molar-refractivity contribution < 1.29 is 9.53 Å². The SMILES string of the molecule is O=C(CC1CNCCO1)NCc1csc(=O)[nH]1. The van der Waals surface area contributed by atoms with Crippen molar-refractivity contribution >= 4 is 17.2 Å². The minimum atomic E-state index is -0.103. The summed E-state index contributed by atoms with van der Waals surface area (Å²) in [5.74, 6) is -0.0641. The number of rotatable bonds is 4. The number of hydrogen-bond donors (Lipinski definition) is 3. The van der Waals surface area contributed by atoms with Crippen molar-refractivity contribution in [2.24, 2.45) is 0 Å². The molecule has 1 aromatic rings. The van der Waals surface area contributed by atoms with Crippen LogP contribution in [0, 0.1) is 0 Å². The molecule has 2 rings (SSSR count). The van der Waals surface area contributed by atoms with E-state index in [4.69, 9.17) is 4.74 Å². The summed E-state index contributed by atoms with van der Waals surface area (Å²) in [7, 11) is 0. The van der Waals surface area contributed by atoms with E-state index >= 15 is 0 Å². The maximum atomic E-state index is 11.6. The third-order valence-electron chi connectivity index (χ3n) is 2.46. The second-order valence-electron chi connectivity index (χ2n) is 3.85. The monoisotopic (exact) mass is 257 g/mol. The average molecular weight is 257 g/mol. The van der Waals surface area contributed by atoms with E-state index in [0.717, 1.165) is 23.6 Å². The van der Waals surface area contributed by atoms with Gasteiger partial charge in [-0.05, 0) is 0 Å². The summed E-state index contributed by atoms with van der Waals surface area (Å²) >= 11 is 1.09. The third kappa shape index (κ3) is 3.95. The van der Waals surface area contributed by atoms with Gasteiger partial charge < -0.3 is 20.4 Å². The van der Waals surface area contributed by atoms with Crippen LogP contribution in [-0.2, 0) is 16.1 Å². The Hall–Kier alpha value is -1.18. The fraction of sp³-hybridized carbons (Fsp3) is 0.600. The number of carbonyl (C=O) groups is 1. The molecule has 1 aliphatic rings. The van der Waals surface area contributed by atoms with Crippen molar-refractivity contribution in [2.75, 3.05) is 19.7 Å². The van der Waals surface area contributed by atoms with Crippen molar-refractivity contribution in [1.82, 2.24) is 15.6 Å². The van der Waals surface area contributed by atoms with Crippen LogP contribution in [0.3, 0.4) is 0 Å². The summed E-state index contributed by atoms with van der Waals surface area (Å²) < 4.78 is 5.43. The minimum Gasteiger partial charge on any atom is -0.375 e. The summed E-state index contributed by atoms with van der Waals surface area (Å²) in [6, 6.07) is 0. The Balaban J connectivity index is 1.71. The van der Waals surface area contributed by atoms with Crippen molar-refractivity contribution in [3.8, 4) is 0 Å². The fourth-order valence-electron chi connectivity index (χ4n) is 1.62. The van der Waals surface area contributed by atoms with E-state index in [1.165, 1.54) is 0 Å². The predicted octanol–water partition coefficient (Wildman–Crippen LogP) is -0.569. The van der Waals surface area contributed by atoms with E-state index in [0.29, 0.717) is 26.1 Å². The molecule has 0 saturated carbocycles. The first-order valence-corrected chi connectivity index (χ1v) is 6.38. The first-order chi connectivity index (χ1) is 8.24. The van der Waals surface area contributed by atoms with Crippen LogP contribution in [0.5, 0.6) is 0 Å². The number of H-pyrrole nitrogens is 1. The smallest absolute Gasteiger partial charge is 0.304 e. The highest BCUT2D eigenvalue weighted by atomic mass is 32.1. The fourth-order valence-corrected chi connectivity index (χ4v) is 2.21. The van der Waals surface area contributed by atoms with Gasteiger partial charge in [0.25, 0.3) is 0 Å². The Bertz CT molecular complexity index is 422. The topological polar surface area (TPSA) is 83.2 Å². The van der Waals surface area contributed by atoms with E-state index < -0.39 is 0 Å². The van der Waals surface area contributed by atoms with Gasteiger partial charge in [0, 0.05) is 24.2 Å². The highest BCUT2D eigenvalue weighted by molar-refractivity contribution is 7.07. The molecule has 2 heterocycles. The Kier molecular flexibility index (Phi) is 4.29. The van der Waals surface area contributed by atoms with Gasteiger partial charge in [-0.2, -0.15) is 0 Å². The molecule has 1 fully saturated rings. The van der Waals surface area contributed by atoms with Crippen LogP contribution >= 0.6 is 11.3 Å². The molecule has 0 bridgehead atoms. The number of nitrogens with one attached hydrogen (secondary N) is 3. The van der Waals surface area contributed by atoms with Crippen LogP contribution in [0.2, 0.25) is 0 Å². The molecule has 1 saturated heterocycles. The second-order valence-corrected chi connectivity index (χ2v) is 4.69. The Labute approximate surface area is 102 Å². The highest BCUT2D eigenvalue weighted by Crippen LogP contribution is 2.02. The molecule has 1 atom stereocenters. The lowest BCUT2D eigenvalue weighted by molar-refractivity contribution is -0.124. The van der Waals surface area contributed by atoms with Gasteiger partial charge in [-0.3, -0.25) is 9.59 Å². The minimum absolute atomic E-state index is 0.0507. The van der Waals surface area contributed by atoms with Crippen molar-refractivity contribution in [3.05, 3.63) is 20.7 Å². The zero-order valence-electron chi connectivity index (χ0n) is 9.32. The number of hydrogen-bond acceptors (Lipinski definition) is 5. The Morgan fingerprint density at radius 1 is 1.65 bits per heavy atom. The van der Waals surface area contributed by atoms with E-state index in [1.54, 1.807) is 5.38 Å². The summed E-state index contributed by atoms with van der Waals surface area (Å²) in [6.07, 6.45) is 0.298. The number of thiazole rings is 1. The van der Waals surface area contributed by atoms with Crippen molar-refractivity contribution in [2.45, 2.75) is 19.1 Å². The molecular weight excluding hydrogens is 242 g/mol.